The molecule has 0 aliphatic heterocycles. The molecule has 334 valence electrons. The predicted molar refractivity (Wildman–Crippen MR) is 205 cm³/mol. The molecule has 1 saturated carbocycles. The molecule has 0 aromatic carbocycles. The van der Waals surface area contributed by atoms with Gasteiger partial charge in [0.1, 0.15) is 37.1 Å². The molecule has 0 heterocycles. The Morgan fingerprint density at radius 2 is 1.14 bits per heavy atom. The summed E-state index contributed by atoms with van der Waals surface area (Å²) in [6.45, 7) is 0.364. The summed E-state index contributed by atoms with van der Waals surface area (Å²) < 4.78 is 81.1. The summed E-state index contributed by atoms with van der Waals surface area (Å²) in [4.78, 5) is 91.4. The molecular formula is C34H52O21P4. The maximum atomic E-state index is 13.1. The molecule has 0 aromatic heterocycles. The Kier molecular flexibility index (Phi) is 26.1. The minimum absolute atomic E-state index is 0.0857. The van der Waals surface area contributed by atoms with Gasteiger partial charge < -0.3 is 48.8 Å². The summed E-state index contributed by atoms with van der Waals surface area (Å²) in [5.74, 6) is 13.1. The van der Waals surface area contributed by atoms with E-state index in [-0.39, 0.29) is 6.42 Å². The standard InChI is InChI=1S/C34H52O21P4/c1-3-5-7-9-11-12-13-14-15-16-17-19-21-23-31(36)51-27(25-49-30(35)22-20-18-10-8-6-4-2)26-50-59(47,48)53-28-24-29(52-56(38,39)40)33(54-57(41,42)43)34(32(28)37)55-58(44,45)46/h2,27-29,32-34,37H,3,5,7,9,11-17,19,21,23-26H2,1H3,(H,47,48)(H2,38,39,40)(H2,41,42,43)(H2,44,45,46)/t27-,28?,29?,32?,33+,34+/m1/s1. The van der Waals surface area contributed by atoms with Gasteiger partial charge >= 0.3 is 43.2 Å². The zero-order valence-corrected chi connectivity index (χ0v) is 35.8. The number of terminal acetylenes is 1. The Morgan fingerprint density at radius 1 is 0.644 bits per heavy atom. The summed E-state index contributed by atoms with van der Waals surface area (Å²) in [5.41, 5.74) is 0. The van der Waals surface area contributed by atoms with Gasteiger partial charge in [0.05, 0.1) is 6.61 Å². The second-order valence-electron chi connectivity index (χ2n) is 13.0. The molecule has 0 saturated heterocycles. The van der Waals surface area contributed by atoms with Crippen LogP contribution in [0.5, 0.6) is 0 Å². The largest absolute Gasteiger partial charge is 0.472 e. The molecule has 0 bridgehead atoms. The van der Waals surface area contributed by atoms with Crippen LogP contribution in [0.1, 0.15) is 103 Å². The zero-order chi connectivity index (χ0) is 44.5. The smallest absolute Gasteiger partial charge is 0.456 e. The van der Waals surface area contributed by atoms with Crippen molar-refractivity contribution >= 4 is 43.2 Å². The van der Waals surface area contributed by atoms with Crippen molar-refractivity contribution in [3.05, 3.63) is 0 Å². The van der Waals surface area contributed by atoms with Crippen LogP contribution in [0.25, 0.3) is 0 Å². The van der Waals surface area contributed by atoms with Gasteiger partial charge in [-0.05, 0) is 41.9 Å². The van der Waals surface area contributed by atoms with Crippen LogP contribution in [0.4, 0.5) is 0 Å². The van der Waals surface area contributed by atoms with E-state index in [4.69, 9.17) is 24.9 Å². The highest BCUT2D eigenvalue weighted by Crippen LogP contribution is 2.53. The normalized spacial score (nSPS) is 20.8. The van der Waals surface area contributed by atoms with E-state index >= 15 is 0 Å². The summed E-state index contributed by atoms with van der Waals surface area (Å²) >= 11 is 0. The van der Waals surface area contributed by atoms with E-state index < -0.39 is 99.5 Å². The molecular weight excluding hydrogens is 868 g/mol. The highest BCUT2D eigenvalue weighted by molar-refractivity contribution is 7.47. The lowest BCUT2D eigenvalue weighted by Gasteiger charge is -2.43. The maximum Gasteiger partial charge on any atom is 0.472 e. The van der Waals surface area contributed by atoms with Crippen molar-refractivity contribution in [2.45, 2.75) is 140 Å². The quantitative estimate of drug-likeness (QED) is 0.0183. The van der Waals surface area contributed by atoms with E-state index in [2.05, 4.69) is 50.1 Å². The SMILES string of the molecule is C#CC#CC#CC#CC(=O)OC[C@H](COP(=O)(O)OC1CC(OP(=O)(O)O)[C@H](OP(=O)(O)O)[C@@H](OP(=O)(O)O)C1O)OC(=O)CCCCCCCCCCCCCCC. The predicted octanol–water partition coefficient (Wildman–Crippen LogP) is 3.27. The van der Waals surface area contributed by atoms with Crippen molar-refractivity contribution in [2.24, 2.45) is 0 Å². The van der Waals surface area contributed by atoms with Gasteiger partial charge in [-0.25, -0.2) is 23.1 Å². The van der Waals surface area contributed by atoms with Crippen LogP contribution in [0.3, 0.4) is 0 Å². The van der Waals surface area contributed by atoms with E-state index in [0.29, 0.717) is 12.8 Å². The second kappa shape index (κ2) is 28.2. The summed E-state index contributed by atoms with van der Waals surface area (Å²) in [7, 11) is -22.5. The number of unbranched alkanes of at least 4 members (excludes halogenated alkanes) is 12. The average molecular weight is 921 g/mol. The van der Waals surface area contributed by atoms with Crippen molar-refractivity contribution in [1.82, 2.24) is 0 Å². The third-order valence-corrected chi connectivity index (χ3v) is 10.6. The van der Waals surface area contributed by atoms with E-state index in [9.17, 15) is 67.2 Å². The van der Waals surface area contributed by atoms with Crippen LogP contribution in [0.2, 0.25) is 0 Å². The number of hydrogen-bond acceptors (Lipinski definition) is 14. The molecule has 4 unspecified atom stereocenters. The van der Waals surface area contributed by atoms with Gasteiger partial charge in [-0.15, -0.1) is 6.42 Å². The molecule has 0 amide bonds. The van der Waals surface area contributed by atoms with Crippen molar-refractivity contribution in [1.29, 1.82) is 0 Å². The molecule has 8 N–H and O–H groups in total. The molecule has 1 rings (SSSR count). The van der Waals surface area contributed by atoms with Crippen LogP contribution in [-0.2, 0) is 59.9 Å². The van der Waals surface area contributed by atoms with Gasteiger partial charge in [0.25, 0.3) is 0 Å². The molecule has 0 aromatic rings. The molecule has 59 heavy (non-hydrogen) atoms. The summed E-state index contributed by atoms with van der Waals surface area (Å²) in [6, 6.07) is 0. The number of aliphatic hydroxyl groups is 1. The molecule has 25 heteroatoms. The summed E-state index contributed by atoms with van der Waals surface area (Å²) in [5, 5.41) is 10.8. The number of ether oxygens (including phenoxy) is 2. The lowest BCUT2D eigenvalue weighted by atomic mass is 9.87. The number of phosphoric ester groups is 4. The Labute approximate surface area is 342 Å². The fourth-order valence-electron chi connectivity index (χ4n) is 5.52. The molecule has 1 aliphatic carbocycles. The van der Waals surface area contributed by atoms with Crippen molar-refractivity contribution in [3.63, 3.8) is 0 Å². The lowest BCUT2D eigenvalue weighted by Crippen LogP contribution is -2.58. The van der Waals surface area contributed by atoms with E-state index in [1.807, 2.05) is 11.8 Å². The van der Waals surface area contributed by atoms with Crippen LogP contribution < -0.4 is 0 Å². The van der Waals surface area contributed by atoms with Gasteiger partial charge in [0.15, 0.2) is 6.10 Å². The first-order chi connectivity index (χ1) is 27.6. The zero-order valence-electron chi connectivity index (χ0n) is 32.2. The topological polar surface area (TPSA) is 329 Å². The third-order valence-electron chi connectivity index (χ3n) is 8.02. The summed E-state index contributed by atoms with van der Waals surface area (Å²) in [6.07, 6.45) is 3.76. The van der Waals surface area contributed by atoms with Gasteiger partial charge in [-0.1, -0.05) is 84.0 Å². The Bertz CT molecular complexity index is 1750. The Balaban J connectivity index is 3.00. The number of hydrogen-bond donors (Lipinski definition) is 8. The average Bonchev–Trinajstić information content (AvgIpc) is 3.11. The maximum absolute atomic E-state index is 13.1. The van der Waals surface area contributed by atoms with Crippen LogP contribution in [0, 0.1) is 47.9 Å². The van der Waals surface area contributed by atoms with Gasteiger partial charge in [-0.2, -0.15) is 0 Å². The van der Waals surface area contributed by atoms with E-state index in [0.717, 1.165) is 25.7 Å². The van der Waals surface area contributed by atoms with Crippen LogP contribution in [0.15, 0.2) is 0 Å². The van der Waals surface area contributed by atoms with Crippen LogP contribution >= 0.6 is 31.3 Å². The minimum atomic E-state index is -5.70. The molecule has 1 aliphatic rings. The van der Waals surface area contributed by atoms with Crippen molar-refractivity contribution in [3.8, 4) is 47.9 Å². The van der Waals surface area contributed by atoms with Gasteiger partial charge in [0.2, 0.25) is 0 Å². The number of carbonyl (C=O) groups excluding carboxylic acids is 2. The minimum Gasteiger partial charge on any atom is -0.456 e. The Morgan fingerprint density at radius 3 is 1.66 bits per heavy atom. The molecule has 0 radical (unpaired) electrons. The van der Waals surface area contributed by atoms with Crippen molar-refractivity contribution in [2.75, 3.05) is 13.2 Å². The fourth-order valence-corrected chi connectivity index (χ4v) is 8.18. The fraction of sp³-hybridized carbons (Fsp3) is 0.706. The van der Waals surface area contributed by atoms with E-state index in [1.54, 1.807) is 0 Å². The number of phosphoric acid groups is 4. The lowest BCUT2D eigenvalue weighted by molar-refractivity contribution is -0.165. The Hall–Kier alpha value is -2.42. The first-order valence-electron chi connectivity index (χ1n) is 18.4. The van der Waals surface area contributed by atoms with Gasteiger partial charge in [-0.3, -0.25) is 27.4 Å². The number of aliphatic hydroxyl groups excluding tert-OH is 1. The monoisotopic (exact) mass is 920 g/mol. The first kappa shape index (κ1) is 54.6. The number of carbonyl (C=O) groups is 2. The van der Waals surface area contributed by atoms with Crippen LogP contribution in [-0.4, -0.2) is 101 Å². The van der Waals surface area contributed by atoms with Gasteiger partial charge in [0, 0.05) is 18.8 Å². The highest BCUT2D eigenvalue weighted by Gasteiger charge is 2.54. The molecule has 21 nitrogen and oxygen atoms in total. The van der Waals surface area contributed by atoms with E-state index in [1.165, 1.54) is 44.9 Å². The molecule has 1 fully saturated rings. The number of rotatable bonds is 28. The molecule has 0 spiro atoms. The highest BCUT2D eigenvalue weighted by atomic mass is 31.2. The first-order valence-corrected chi connectivity index (χ1v) is 24.5. The van der Waals surface area contributed by atoms with Crippen molar-refractivity contribution < 1.29 is 99.3 Å². The molecule has 7 atom stereocenters. The third kappa shape index (κ3) is 27.9. The second-order valence-corrected chi connectivity index (χ2v) is 18.0. The number of esters is 2.